The Labute approximate surface area is 144 Å². The molecule has 3 heterocycles. The normalized spacial score (nSPS) is 15.1. The average molecular weight is 342 g/mol. The molecule has 0 bridgehead atoms. The molecule has 1 aliphatic heterocycles. The summed E-state index contributed by atoms with van der Waals surface area (Å²) in [4.78, 5) is 15.9. The standard InChI is InChI=1S/C19H19FN2OS/c20-16-7-3-2-6-15(16)13-22-17(12-14-8-11-24-19(14)22)18(23)21-9-4-1-5-10-21/h2-3,6-8,11-12H,1,4-5,9-10,13H2. The van der Waals surface area contributed by atoms with Crippen molar-refractivity contribution in [2.24, 2.45) is 0 Å². The van der Waals surface area contributed by atoms with E-state index in [9.17, 15) is 9.18 Å². The number of carbonyl (C=O) groups excluding carboxylic acids is 1. The lowest BCUT2D eigenvalue weighted by molar-refractivity contribution is 0.0714. The van der Waals surface area contributed by atoms with Crippen LogP contribution in [0.5, 0.6) is 0 Å². The number of benzene rings is 1. The Balaban J connectivity index is 1.74. The molecule has 1 aromatic carbocycles. The predicted molar refractivity (Wildman–Crippen MR) is 95.1 cm³/mol. The van der Waals surface area contributed by atoms with E-state index in [1.807, 2.05) is 33.0 Å². The molecule has 24 heavy (non-hydrogen) atoms. The number of halogens is 1. The first-order valence-corrected chi connectivity index (χ1v) is 9.21. The number of rotatable bonds is 3. The average Bonchev–Trinajstić information content (AvgIpc) is 3.19. The van der Waals surface area contributed by atoms with Crippen molar-refractivity contribution in [3.05, 3.63) is 58.9 Å². The SMILES string of the molecule is O=C(c1cc2ccsc2n1Cc1ccccc1F)N1CCCCC1. The second kappa shape index (κ2) is 6.40. The van der Waals surface area contributed by atoms with Crippen molar-refractivity contribution in [1.29, 1.82) is 0 Å². The third kappa shape index (κ3) is 2.73. The summed E-state index contributed by atoms with van der Waals surface area (Å²) in [6.45, 7) is 2.01. The van der Waals surface area contributed by atoms with E-state index in [1.54, 1.807) is 23.5 Å². The third-order valence-electron chi connectivity index (χ3n) is 4.65. The van der Waals surface area contributed by atoms with Crippen LogP contribution in [0.15, 0.2) is 41.8 Å². The van der Waals surface area contributed by atoms with Gasteiger partial charge in [-0.05, 0) is 42.8 Å². The highest BCUT2D eigenvalue weighted by Crippen LogP contribution is 2.28. The van der Waals surface area contributed by atoms with Crippen molar-refractivity contribution >= 4 is 27.5 Å². The number of piperidine rings is 1. The zero-order valence-corrected chi connectivity index (χ0v) is 14.2. The summed E-state index contributed by atoms with van der Waals surface area (Å²) in [5.41, 5.74) is 1.28. The molecule has 3 nitrogen and oxygen atoms in total. The van der Waals surface area contributed by atoms with Crippen molar-refractivity contribution in [2.45, 2.75) is 25.8 Å². The quantitative estimate of drug-likeness (QED) is 0.687. The molecule has 0 N–H and O–H groups in total. The smallest absolute Gasteiger partial charge is 0.270 e. The molecule has 1 aliphatic rings. The predicted octanol–water partition coefficient (Wildman–Crippen LogP) is 4.52. The molecule has 0 saturated carbocycles. The zero-order valence-electron chi connectivity index (χ0n) is 13.4. The monoisotopic (exact) mass is 342 g/mol. The minimum atomic E-state index is -0.229. The lowest BCUT2D eigenvalue weighted by atomic mass is 10.1. The highest BCUT2D eigenvalue weighted by atomic mass is 32.1. The van der Waals surface area contributed by atoms with Crippen LogP contribution in [0.3, 0.4) is 0 Å². The number of hydrogen-bond acceptors (Lipinski definition) is 2. The van der Waals surface area contributed by atoms with Gasteiger partial charge in [0.05, 0.1) is 6.54 Å². The van der Waals surface area contributed by atoms with E-state index in [0.29, 0.717) is 17.8 Å². The highest BCUT2D eigenvalue weighted by molar-refractivity contribution is 7.16. The fraction of sp³-hybridized carbons (Fsp3) is 0.316. The molecule has 2 aromatic heterocycles. The van der Waals surface area contributed by atoms with Crippen LogP contribution in [-0.4, -0.2) is 28.5 Å². The molecule has 0 aliphatic carbocycles. The van der Waals surface area contributed by atoms with Crippen LogP contribution >= 0.6 is 11.3 Å². The van der Waals surface area contributed by atoms with Crippen LogP contribution in [0.1, 0.15) is 35.3 Å². The summed E-state index contributed by atoms with van der Waals surface area (Å²) >= 11 is 1.59. The van der Waals surface area contributed by atoms with Gasteiger partial charge in [-0.2, -0.15) is 0 Å². The van der Waals surface area contributed by atoms with Crippen molar-refractivity contribution in [1.82, 2.24) is 9.47 Å². The van der Waals surface area contributed by atoms with Gasteiger partial charge < -0.3 is 9.47 Å². The number of likely N-dealkylation sites (tertiary alicyclic amines) is 1. The summed E-state index contributed by atoms with van der Waals surface area (Å²) in [6.07, 6.45) is 3.32. The number of fused-ring (bicyclic) bond motifs is 1. The van der Waals surface area contributed by atoms with Gasteiger partial charge in [0, 0.05) is 24.0 Å². The fourth-order valence-corrected chi connectivity index (χ4v) is 4.26. The van der Waals surface area contributed by atoms with Gasteiger partial charge in [0.15, 0.2) is 0 Å². The van der Waals surface area contributed by atoms with Gasteiger partial charge in [0.1, 0.15) is 16.3 Å². The minimum absolute atomic E-state index is 0.0643. The van der Waals surface area contributed by atoms with E-state index in [2.05, 4.69) is 0 Å². The molecule has 3 aromatic rings. The second-order valence-corrected chi connectivity index (χ2v) is 7.14. The van der Waals surface area contributed by atoms with E-state index in [0.717, 1.165) is 36.1 Å². The first-order valence-electron chi connectivity index (χ1n) is 8.33. The zero-order chi connectivity index (χ0) is 16.5. The molecule has 1 amide bonds. The van der Waals surface area contributed by atoms with Crippen LogP contribution in [0.4, 0.5) is 4.39 Å². The van der Waals surface area contributed by atoms with Crippen LogP contribution in [0.2, 0.25) is 0 Å². The molecule has 0 unspecified atom stereocenters. The van der Waals surface area contributed by atoms with Gasteiger partial charge >= 0.3 is 0 Å². The number of amides is 1. The van der Waals surface area contributed by atoms with Crippen molar-refractivity contribution in [3.63, 3.8) is 0 Å². The summed E-state index contributed by atoms with van der Waals surface area (Å²) in [7, 11) is 0. The molecular formula is C19H19FN2OS. The summed E-state index contributed by atoms with van der Waals surface area (Å²) in [5, 5.41) is 3.06. The Morgan fingerprint density at radius 3 is 2.71 bits per heavy atom. The van der Waals surface area contributed by atoms with Crippen LogP contribution in [-0.2, 0) is 6.54 Å². The lowest BCUT2D eigenvalue weighted by Gasteiger charge is -2.27. The van der Waals surface area contributed by atoms with Crippen LogP contribution in [0.25, 0.3) is 10.2 Å². The number of nitrogens with zero attached hydrogens (tertiary/aromatic N) is 2. The number of hydrogen-bond donors (Lipinski definition) is 0. The maximum absolute atomic E-state index is 14.1. The van der Waals surface area contributed by atoms with Gasteiger partial charge in [0.2, 0.25) is 0 Å². The van der Waals surface area contributed by atoms with Crippen molar-refractivity contribution in [3.8, 4) is 0 Å². The second-order valence-electron chi connectivity index (χ2n) is 6.24. The number of carbonyl (C=O) groups is 1. The van der Waals surface area contributed by atoms with Gasteiger partial charge in [-0.3, -0.25) is 4.79 Å². The highest BCUT2D eigenvalue weighted by Gasteiger charge is 2.23. The Bertz CT molecular complexity index is 877. The molecule has 0 spiro atoms. The summed E-state index contributed by atoms with van der Waals surface area (Å²) in [6, 6.07) is 10.7. The summed E-state index contributed by atoms with van der Waals surface area (Å²) in [5.74, 6) is -0.165. The Kier molecular flexibility index (Phi) is 4.10. The van der Waals surface area contributed by atoms with Gasteiger partial charge in [0.25, 0.3) is 5.91 Å². The topological polar surface area (TPSA) is 25.2 Å². The number of aromatic nitrogens is 1. The molecule has 1 saturated heterocycles. The molecule has 0 atom stereocenters. The van der Waals surface area contributed by atoms with E-state index >= 15 is 0 Å². The molecule has 0 radical (unpaired) electrons. The maximum atomic E-state index is 14.1. The Morgan fingerprint density at radius 1 is 1.12 bits per heavy atom. The van der Waals surface area contributed by atoms with E-state index in [-0.39, 0.29) is 11.7 Å². The van der Waals surface area contributed by atoms with E-state index in [4.69, 9.17) is 0 Å². The van der Waals surface area contributed by atoms with Gasteiger partial charge in [-0.25, -0.2) is 4.39 Å². The molecule has 4 rings (SSSR count). The minimum Gasteiger partial charge on any atom is -0.337 e. The Hall–Kier alpha value is -2.14. The van der Waals surface area contributed by atoms with E-state index in [1.165, 1.54) is 12.5 Å². The van der Waals surface area contributed by atoms with Crippen LogP contribution in [0, 0.1) is 5.82 Å². The number of thiophene rings is 1. The first-order chi connectivity index (χ1) is 11.7. The lowest BCUT2D eigenvalue weighted by Crippen LogP contribution is -2.36. The fourth-order valence-electron chi connectivity index (χ4n) is 3.37. The molecule has 5 heteroatoms. The maximum Gasteiger partial charge on any atom is 0.270 e. The van der Waals surface area contributed by atoms with Gasteiger partial charge in [-0.15, -0.1) is 11.3 Å². The largest absolute Gasteiger partial charge is 0.337 e. The van der Waals surface area contributed by atoms with Crippen molar-refractivity contribution in [2.75, 3.05) is 13.1 Å². The molecule has 124 valence electrons. The Morgan fingerprint density at radius 2 is 1.92 bits per heavy atom. The third-order valence-corrected chi connectivity index (χ3v) is 5.60. The van der Waals surface area contributed by atoms with Gasteiger partial charge in [-0.1, -0.05) is 18.2 Å². The summed E-state index contributed by atoms with van der Waals surface area (Å²) < 4.78 is 16.1. The molecular weight excluding hydrogens is 323 g/mol. The van der Waals surface area contributed by atoms with Crippen LogP contribution < -0.4 is 0 Å². The first kappa shape index (κ1) is 15.4. The molecule has 1 fully saturated rings. The van der Waals surface area contributed by atoms with Crippen molar-refractivity contribution < 1.29 is 9.18 Å². The van der Waals surface area contributed by atoms with E-state index < -0.39 is 0 Å².